The number of halogens is 1. The second kappa shape index (κ2) is 6.14. The number of nitrogens with one attached hydrogen (secondary N) is 1. The van der Waals surface area contributed by atoms with Crippen molar-refractivity contribution in [3.8, 4) is 28.3 Å². The molecule has 0 fully saturated rings. The van der Waals surface area contributed by atoms with Gasteiger partial charge in [0.05, 0.1) is 12.5 Å². The number of nitrogens with zero attached hydrogens (tertiary/aromatic N) is 1. The summed E-state index contributed by atoms with van der Waals surface area (Å²) in [5.41, 5.74) is 2.04. The van der Waals surface area contributed by atoms with Gasteiger partial charge in [0.25, 0.3) is 5.56 Å². The molecule has 4 rings (SSSR count). The van der Waals surface area contributed by atoms with Gasteiger partial charge in [0.15, 0.2) is 0 Å². The molecule has 0 saturated carbocycles. The number of H-pyrrole nitrogens is 1. The molecule has 0 amide bonds. The molecule has 2 aromatic heterocycles. The average molecular weight is 352 g/mol. The minimum absolute atomic E-state index is 0.240. The van der Waals surface area contributed by atoms with Gasteiger partial charge in [-0.05, 0) is 29.8 Å². The van der Waals surface area contributed by atoms with Gasteiger partial charge in [-0.3, -0.25) is 4.79 Å². The van der Waals surface area contributed by atoms with E-state index in [-0.39, 0.29) is 11.4 Å². The van der Waals surface area contributed by atoms with Crippen molar-refractivity contribution in [3.05, 3.63) is 70.1 Å². The largest absolute Gasteiger partial charge is 0.497 e. The fourth-order valence-corrected chi connectivity index (χ4v) is 3.65. The van der Waals surface area contributed by atoms with Crippen molar-refractivity contribution in [1.29, 1.82) is 0 Å². The first-order valence-corrected chi connectivity index (χ1v) is 8.45. The fourth-order valence-electron chi connectivity index (χ4n) is 2.70. The quantitative estimate of drug-likeness (QED) is 0.592. The zero-order chi connectivity index (χ0) is 17.4. The van der Waals surface area contributed by atoms with Gasteiger partial charge in [-0.25, -0.2) is 9.37 Å². The Labute approximate surface area is 146 Å². The van der Waals surface area contributed by atoms with Crippen LogP contribution in [0, 0.1) is 5.82 Å². The average Bonchev–Trinajstić information content (AvgIpc) is 3.06. The van der Waals surface area contributed by atoms with Crippen molar-refractivity contribution in [3.63, 3.8) is 0 Å². The molecule has 0 radical (unpaired) electrons. The Hall–Kier alpha value is -2.99. The third kappa shape index (κ3) is 2.81. The van der Waals surface area contributed by atoms with Gasteiger partial charge in [0.1, 0.15) is 22.2 Å². The minimum atomic E-state index is -0.370. The maximum Gasteiger partial charge on any atom is 0.260 e. The molecule has 0 bridgehead atoms. The standard InChI is InChI=1S/C19H13FN2O2S/c1-24-14-7-5-11(6-8-14)15-10-25-19-16(15)18(23)21-17(22-19)12-3-2-4-13(20)9-12/h2-10H,1H3,(H,21,22,23). The number of aromatic nitrogens is 2. The summed E-state index contributed by atoms with van der Waals surface area (Å²) in [6, 6.07) is 13.5. The molecule has 0 aliphatic rings. The highest BCUT2D eigenvalue weighted by molar-refractivity contribution is 7.17. The lowest BCUT2D eigenvalue weighted by Gasteiger charge is -2.04. The normalized spacial score (nSPS) is 11.0. The van der Waals surface area contributed by atoms with Crippen LogP contribution in [-0.4, -0.2) is 17.1 Å². The molecule has 0 saturated heterocycles. The van der Waals surface area contributed by atoms with Crippen LogP contribution in [0.15, 0.2) is 58.7 Å². The third-order valence-corrected chi connectivity index (χ3v) is 4.82. The van der Waals surface area contributed by atoms with E-state index in [9.17, 15) is 9.18 Å². The van der Waals surface area contributed by atoms with E-state index in [4.69, 9.17) is 4.74 Å². The smallest absolute Gasteiger partial charge is 0.260 e. The number of hydrogen-bond donors (Lipinski definition) is 1. The molecule has 0 aliphatic carbocycles. The monoisotopic (exact) mass is 352 g/mol. The van der Waals surface area contributed by atoms with Crippen LogP contribution in [0.25, 0.3) is 32.7 Å². The van der Waals surface area contributed by atoms with Crippen molar-refractivity contribution in [2.45, 2.75) is 0 Å². The maximum atomic E-state index is 13.4. The summed E-state index contributed by atoms with van der Waals surface area (Å²) in [5, 5.41) is 2.44. The predicted molar refractivity (Wildman–Crippen MR) is 97.6 cm³/mol. The van der Waals surface area contributed by atoms with E-state index >= 15 is 0 Å². The molecule has 6 heteroatoms. The Balaban J connectivity index is 1.86. The van der Waals surface area contributed by atoms with E-state index in [1.165, 1.54) is 23.5 Å². The lowest BCUT2D eigenvalue weighted by atomic mass is 10.1. The SMILES string of the molecule is COc1ccc(-c2csc3nc(-c4cccc(F)c4)[nH]c(=O)c23)cc1. The molecule has 1 N–H and O–H groups in total. The molecule has 124 valence electrons. The molecule has 2 heterocycles. The Morgan fingerprint density at radius 3 is 2.64 bits per heavy atom. The number of aromatic amines is 1. The number of benzene rings is 2. The fraction of sp³-hybridized carbons (Fsp3) is 0.0526. The summed E-state index contributed by atoms with van der Waals surface area (Å²) in [4.78, 5) is 20.5. The van der Waals surface area contributed by atoms with Crippen molar-refractivity contribution in [1.82, 2.24) is 9.97 Å². The number of methoxy groups -OCH3 is 1. The number of thiophene rings is 1. The highest BCUT2D eigenvalue weighted by atomic mass is 32.1. The highest BCUT2D eigenvalue weighted by Crippen LogP contribution is 2.32. The Morgan fingerprint density at radius 1 is 1.12 bits per heavy atom. The number of fused-ring (bicyclic) bond motifs is 1. The maximum absolute atomic E-state index is 13.4. The molecule has 4 aromatic rings. The van der Waals surface area contributed by atoms with Crippen LogP contribution in [0.1, 0.15) is 0 Å². The predicted octanol–water partition coefficient (Wildman–Crippen LogP) is 4.47. The second-order valence-electron chi connectivity index (χ2n) is 5.48. The summed E-state index contributed by atoms with van der Waals surface area (Å²) < 4.78 is 18.6. The van der Waals surface area contributed by atoms with Crippen LogP contribution in [0.3, 0.4) is 0 Å². The minimum Gasteiger partial charge on any atom is -0.497 e. The van der Waals surface area contributed by atoms with Gasteiger partial charge < -0.3 is 9.72 Å². The summed E-state index contributed by atoms with van der Waals surface area (Å²) in [5.74, 6) is 0.745. The van der Waals surface area contributed by atoms with Gasteiger partial charge in [-0.1, -0.05) is 24.3 Å². The first kappa shape index (κ1) is 15.5. The van der Waals surface area contributed by atoms with E-state index in [1.807, 2.05) is 29.6 Å². The van der Waals surface area contributed by atoms with Gasteiger partial charge in [0, 0.05) is 16.5 Å². The number of hydrogen-bond acceptors (Lipinski definition) is 4. The summed E-state index contributed by atoms with van der Waals surface area (Å²) in [7, 11) is 1.61. The van der Waals surface area contributed by atoms with Crippen molar-refractivity contribution in [2.75, 3.05) is 7.11 Å². The van der Waals surface area contributed by atoms with Gasteiger partial charge in [-0.15, -0.1) is 11.3 Å². The van der Waals surface area contributed by atoms with Gasteiger partial charge >= 0.3 is 0 Å². The van der Waals surface area contributed by atoms with E-state index in [2.05, 4.69) is 9.97 Å². The summed E-state index contributed by atoms with van der Waals surface area (Å²) in [6.45, 7) is 0. The second-order valence-corrected chi connectivity index (χ2v) is 6.34. The van der Waals surface area contributed by atoms with Crippen LogP contribution in [0.5, 0.6) is 5.75 Å². The van der Waals surface area contributed by atoms with E-state index < -0.39 is 0 Å². The Kier molecular flexibility index (Phi) is 3.82. The van der Waals surface area contributed by atoms with Crippen LogP contribution < -0.4 is 10.3 Å². The lowest BCUT2D eigenvalue weighted by Crippen LogP contribution is -2.09. The van der Waals surface area contributed by atoms with Crippen molar-refractivity contribution >= 4 is 21.6 Å². The zero-order valence-corrected chi connectivity index (χ0v) is 14.1. The molecule has 25 heavy (non-hydrogen) atoms. The molecule has 0 atom stereocenters. The first-order valence-electron chi connectivity index (χ1n) is 7.57. The van der Waals surface area contributed by atoms with Crippen LogP contribution in [-0.2, 0) is 0 Å². The van der Waals surface area contributed by atoms with Crippen molar-refractivity contribution < 1.29 is 9.13 Å². The van der Waals surface area contributed by atoms with Gasteiger partial charge in [0.2, 0.25) is 0 Å². The van der Waals surface area contributed by atoms with Crippen LogP contribution >= 0.6 is 11.3 Å². The van der Waals surface area contributed by atoms with Crippen LogP contribution in [0.4, 0.5) is 4.39 Å². The van der Waals surface area contributed by atoms with E-state index in [1.54, 1.807) is 19.2 Å². The molecular formula is C19H13FN2O2S. The van der Waals surface area contributed by atoms with E-state index in [0.29, 0.717) is 21.6 Å². The molecule has 0 unspecified atom stereocenters. The zero-order valence-electron chi connectivity index (χ0n) is 13.2. The van der Waals surface area contributed by atoms with Gasteiger partial charge in [-0.2, -0.15) is 0 Å². The highest BCUT2D eigenvalue weighted by Gasteiger charge is 2.14. The lowest BCUT2D eigenvalue weighted by molar-refractivity contribution is 0.415. The van der Waals surface area contributed by atoms with Crippen molar-refractivity contribution in [2.24, 2.45) is 0 Å². The molecule has 0 aliphatic heterocycles. The molecule has 4 nitrogen and oxygen atoms in total. The van der Waals surface area contributed by atoms with Crippen LogP contribution in [0.2, 0.25) is 0 Å². The number of rotatable bonds is 3. The first-order chi connectivity index (χ1) is 12.2. The summed E-state index contributed by atoms with van der Waals surface area (Å²) >= 11 is 1.39. The molecule has 0 spiro atoms. The number of ether oxygens (including phenoxy) is 1. The summed E-state index contributed by atoms with van der Waals surface area (Å²) in [6.07, 6.45) is 0. The topological polar surface area (TPSA) is 55.0 Å². The third-order valence-electron chi connectivity index (χ3n) is 3.94. The Bertz CT molecular complexity index is 1120. The Morgan fingerprint density at radius 2 is 1.92 bits per heavy atom. The molecular weight excluding hydrogens is 339 g/mol. The molecule has 2 aromatic carbocycles. The van der Waals surface area contributed by atoms with E-state index in [0.717, 1.165) is 16.9 Å².